The second-order valence-corrected chi connectivity index (χ2v) is 5.52. The minimum Gasteiger partial charge on any atom is -0.354 e. The molecule has 1 amide bonds. The third-order valence-corrected chi connectivity index (χ3v) is 3.52. The molecule has 3 nitrogen and oxygen atoms in total. The molecule has 0 radical (unpaired) electrons. The molecule has 0 heterocycles. The van der Waals surface area contributed by atoms with Gasteiger partial charge in [0.05, 0.1) is 5.54 Å². The van der Waals surface area contributed by atoms with Crippen molar-refractivity contribution in [1.29, 1.82) is 0 Å². The lowest BCUT2D eigenvalue weighted by molar-refractivity contribution is -0.126. The number of nitrogens with two attached hydrogens (primary N) is 1. The van der Waals surface area contributed by atoms with Gasteiger partial charge in [-0.15, -0.1) is 0 Å². The Balaban J connectivity index is 2.36. The summed E-state index contributed by atoms with van der Waals surface area (Å²) in [4.78, 5) is 11.9. The molecule has 0 saturated heterocycles. The van der Waals surface area contributed by atoms with Gasteiger partial charge in [-0.05, 0) is 31.2 Å². The highest BCUT2D eigenvalue weighted by Crippen LogP contribution is 2.17. The van der Waals surface area contributed by atoms with E-state index in [9.17, 15) is 4.79 Å². The summed E-state index contributed by atoms with van der Waals surface area (Å²) in [5.41, 5.74) is 6.55. The van der Waals surface area contributed by atoms with Crippen LogP contribution in [0.15, 0.2) is 30.3 Å². The lowest BCUT2D eigenvalue weighted by atomic mass is 9.95. The Morgan fingerprint density at radius 3 is 2.58 bits per heavy atom. The van der Waals surface area contributed by atoms with E-state index in [-0.39, 0.29) is 5.91 Å². The number of carbonyl (C=O) groups is 1. The maximum absolute atomic E-state index is 11.9. The van der Waals surface area contributed by atoms with Crippen LogP contribution >= 0.6 is 0 Å². The van der Waals surface area contributed by atoms with Gasteiger partial charge in [0.2, 0.25) is 5.91 Å². The minimum absolute atomic E-state index is 0.0467. The molecule has 3 N–H and O–H groups in total. The van der Waals surface area contributed by atoms with Crippen molar-refractivity contribution in [2.75, 3.05) is 6.54 Å². The van der Waals surface area contributed by atoms with Gasteiger partial charge >= 0.3 is 0 Å². The Labute approximate surface area is 116 Å². The van der Waals surface area contributed by atoms with Crippen molar-refractivity contribution in [2.24, 2.45) is 5.73 Å². The highest BCUT2D eigenvalue weighted by atomic mass is 16.2. The standard InChI is InChI=1S/C16H26N2O/c1-4-11-16(3,17)15(19)18-12-10-13(2)14-8-6-5-7-9-14/h5-9,13H,4,10-12,17H2,1-3H3,(H,18,19). The number of hydrogen-bond acceptors (Lipinski definition) is 2. The van der Waals surface area contributed by atoms with Crippen LogP contribution in [-0.4, -0.2) is 18.0 Å². The van der Waals surface area contributed by atoms with Crippen LogP contribution in [-0.2, 0) is 4.79 Å². The fourth-order valence-corrected chi connectivity index (χ4v) is 2.19. The molecular weight excluding hydrogens is 236 g/mol. The van der Waals surface area contributed by atoms with Crippen LogP contribution in [0, 0.1) is 0 Å². The minimum atomic E-state index is -0.745. The summed E-state index contributed by atoms with van der Waals surface area (Å²) < 4.78 is 0. The van der Waals surface area contributed by atoms with Gasteiger partial charge in [0.1, 0.15) is 0 Å². The highest BCUT2D eigenvalue weighted by Gasteiger charge is 2.26. The van der Waals surface area contributed by atoms with E-state index in [1.807, 2.05) is 25.1 Å². The summed E-state index contributed by atoms with van der Waals surface area (Å²) in [6.07, 6.45) is 2.56. The predicted molar refractivity (Wildman–Crippen MR) is 80.0 cm³/mol. The van der Waals surface area contributed by atoms with E-state index < -0.39 is 5.54 Å². The average Bonchev–Trinajstić information content (AvgIpc) is 2.39. The quantitative estimate of drug-likeness (QED) is 0.794. The largest absolute Gasteiger partial charge is 0.354 e. The molecule has 0 aromatic heterocycles. The SMILES string of the molecule is CCCC(C)(N)C(=O)NCCC(C)c1ccccc1. The maximum Gasteiger partial charge on any atom is 0.239 e. The number of hydrogen-bond donors (Lipinski definition) is 2. The van der Waals surface area contributed by atoms with E-state index in [1.54, 1.807) is 6.92 Å². The Morgan fingerprint density at radius 1 is 1.37 bits per heavy atom. The molecule has 0 bridgehead atoms. The first-order valence-corrected chi connectivity index (χ1v) is 7.09. The Bertz CT molecular complexity index is 387. The van der Waals surface area contributed by atoms with Gasteiger partial charge < -0.3 is 11.1 Å². The number of amides is 1. The Morgan fingerprint density at radius 2 is 2.00 bits per heavy atom. The summed E-state index contributed by atoms with van der Waals surface area (Å²) in [6.45, 7) is 6.68. The van der Waals surface area contributed by atoms with E-state index in [4.69, 9.17) is 5.73 Å². The van der Waals surface area contributed by atoms with E-state index in [1.165, 1.54) is 5.56 Å². The molecule has 106 valence electrons. The Hall–Kier alpha value is -1.35. The van der Waals surface area contributed by atoms with Crippen molar-refractivity contribution in [1.82, 2.24) is 5.32 Å². The molecule has 0 aliphatic heterocycles. The topological polar surface area (TPSA) is 55.1 Å². The van der Waals surface area contributed by atoms with Crippen LogP contribution in [0.25, 0.3) is 0 Å². The molecule has 2 atom stereocenters. The van der Waals surface area contributed by atoms with Gasteiger partial charge in [0.15, 0.2) is 0 Å². The smallest absolute Gasteiger partial charge is 0.239 e. The van der Waals surface area contributed by atoms with Crippen LogP contribution in [0.2, 0.25) is 0 Å². The van der Waals surface area contributed by atoms with Gasteiger partial charge in [0, 0.05) is 6.54 Å². The molecule has 0 aliphatic carbocycles. The van der Waals surface area contributed by atoms with Crippen LogP contribution in [0.3, 0.4) is 0 Å². The normalized spacial score (nSPS) is 15.6. The van der Waals surface area contributed by atoms with Gasteiger partial charge in [-0.1, -0.05) is 50.6 Å². The lowest BCUT2D eigenvalue weighted by Crippen LogP contribution is -2.51. The monoisotopic (exact) mass is 262 g/mol. The highest BCUT2D eigenvalue weighted by molar-refractivity contribution is 5.85. The van der Waals surface area contributed by atoms with Crippen LogP contribution in [0.1, 0.15) is 51.5 Å². The van der Waals surface area contributed by atoms with Crippen molar-refractivity contribution in [2.45, 2.75) is 51.5 Å². The predicted octanol–water partition coefficient (Wildman–Crippen LogP) is 2.81. The van der Waals surface area contributed by atoms with Crippen molar-refractivity contribution in [3.8, 4) is 0 Å². The zero-order valence-corrected chi connectivity index (χ0v) is 12.3. The van der Waals surface area contributed by atoms with Crippen molar-refractivity contribution in [3.63, 3.8) is 0 Å². The number of rotatable bonds is 7. The molecule has 0 saturated carbocycles. The van der Waals surface area contributed by atoms with E-state index in [0.29, 0.717) is 18.9 Å². The summed E-state index contributed by atoms with van der Waals surface area (Å²) in [5.74, 6) is 0.395. The molecule has 1 aromatic carbocycles. The van der Waals surface area contributed by atoms with Crippen molar-refractivity contribution >= 4 is 5.91 Å². The third kappa shape index (κ3) is 5.03. The van der Waals surface area contributed by atoms with Crippen LogP contribution in [0.5, 0.6) is 0 Å². The maximum atomic E-state index is 11.9. The van der Waals surface area contributed by atoms with Gasteiger partial charge in [0.25, 0.3) is 0 Å². The molecule has 0 fully saturated rings. The number of benzene rings is 1. The summed E-state index contributed by atoms with van der Waals surface area (Å²) in [5, 5.41) is 2.94. The molecule has 0 spiro atoms. The first-order valence-electron chi connectivity index (χ1n) is 7.09. The van der Waals surface area contributed by atoms with Crippen molar-refractivity contribution < 1.29 is 4.79 Å². The summed E-state index contributed by atoms with van der Waals surface area (Å²) in [7, 11) is 0. The molecule has 2 unspecified atom stereocenters. The van der Waals surface area contributed by atoms with Crippen LogP contribution < -0.4 is 11.1 Å². The van der Waals surface area contributed by atoms with Crippen molar-refractivity contribution in [3.05, 3.63) is 35.9 Å². The van der Waals surface area contributed by atoms with Gasteiger partial charge in [-0.3, -0.25) is 4.79 Å². The van der Waals surface area contributed by atoms with Crippen LogP contribution in [0.4, 0.5) is 0 Å². The fourth-order valence-electron chi connectivity index (χ4n) is 2.19. The Kier molecular flexibility index (Phi) is 6.03. The van der Waals surface area contributed by atoms with Gasteiger partial charge in [-0.2, -0.15) is 0 Å². The first-order chi connectivity index (χ1) is 8.97. The average molecular weight is 262 g/mol. The van der Waals surface area contributed by atoms with E-state index >= 15 is 0 Å². The molecule has 1 rings (SSSR count). The number of carbonyl (C=O) groups excluding carboxylic acids is 1. The number of nitrogens with one attached hydrogen (secondary N) is 1. The molecule has 1 aromatic rings. The van der Waals surface area contributed by atoms with E-state index in [0.717, 1.165) is 12.8 Å². The summed E-state index contributed by atoms with van der Waals surface area (Å²) >= 11 is 0. The summed E-state index contributed by atoms with van der Waals surface area (Å²) in [6, 6.07) is 10.3. The molecular formula is C16H26N2O. The second kappa shape index (κ2) is 7.29. The zero-order chi connectivity index (χ0) is 14.3. The fraction of sp³-hybridized carbons (Fsp3) is 0.562. The molecule has 19 heavy (non-hydrogen) atoms. The second-order valence-electron chi connectivity index (χ2n) is 5.52. The molecule has 0 aliphatic rings. The first kappa shape index (κ1) is 15.7. The van der Waals surface area contributed by atoms with E-state index in [2.05, 4.69) is 24.4 Å². The zero-order valence-electron chi connectivity index (χ0n) is 12.3. The van der Waals surface area contributed by atoms with Gasteiger partial charge in [-0.25, -0.2) is 0 Å². The molecule has 3 heteroatoms. The lowest BCUT2D eigenvalue weighted by Gasteiger charge is -2.23. The third-order valence-electron chi connectivity index (χ3n) is 3.52.